The first-order valence-electron chi connectivity index (χ1n) is 5.40. The summed E-state index contributed by atoms with van der Waals surface area (Å²) in [7, 11) is 0. The second-order valence-electron chi connectivity index (χ2n) is 3.91. The molecule has 0 aliphatic rings. The van der Waals surface area contributed by atoms with E-state index in [2.05, 4.69) is 0 Å². The molecule has 0 heterocycles. The van der Waals surface area contributed by atoms with Gasteiger partial charge >= 0.3 is 0 Å². The lowest BCUT2D eigenvalue weighted by Gasteiger charge is -2.08. The van der Waals surface area contributed by atoms with Gasteiger partial charge in [0.1, 0.15) is 5.82 Å². The first kappa shape index (κ1) is 15.0. The third-order valence-corrected chi connectivity index (χ3v) is 4.25. The van der Waals surface area contributed by atoms with Crippen LogP contribution in [0.25, 0.3) is 0 Å². The number of hydrogen-bond acceptors (Lipinski definition) is 3. The van der Waals surface area contributed by atoms with Gasteiger partial charge in [-0.1, -0.05) is 35.0 Å². The summed E-state index contributed by atoms with van der Waals surface area (Å²) in [5, 5.41) is 0.772. The lowest BCUT2D eigenvalue weighted by molar-refractivity contribution is 0.100. The highest BCUT2D eigenvalue weighted by molar-refractivity contribution is 7.99. The second-order valence-corrected chi connectivity index (χ2v) is 5.84. The van der Waals surface area contributed by atoms with Crippen molar-refractivity contribution in [2.45, 2.75) is 9.79 Å². The molecule has 4 N–H and O–H groups in total. The molecule has 20 heavy (non-hydrogen) atoms. The van der Waals surface area contributed by atoms with Gasteiger partial charge in [-0.15, -0.1) is 0 Å². The molecule has 0 saturated heterocycles. The quantitative estimate of drug-likeness (QED) is 0.836. The molecule has 2 aromatic rings. The first-order valence-corrected chi connectivity index (χ1v) is 6.97. The van der Waals surface area contributed by atoms with E-state index in [1.807, 2.05) is 0 Å². The van der Waals surface area contributed by atoms with Crippen LogP contribution in [-0.2, 0) is 0 Å². The average molecular weight is 331 g/mol. The van der Waals surface area contributed by atoms with Gasteiger partial charge in [-0.2, -0.15) is 0 Å². The Kier molecular flexibility index (Phi) is 4.42. The first-order chi connectivity index (χ1) is 9.38. The summed E-state index contributed by atoms with van der Waals surface area (Å²) in [6.07, 6.45) is 0. The monoisotopic (exact) mass is 330 g/mol. The molecule has 7 heteroatoms. The molecular formula is C13H9Cl2FN2OS. The van der Waals surface area contributed by atoms with Crippen molar-refractivity contribution in [3.63, 3.8) is 0 Å². The van der Waals surface area contributed by atoms with E-state index < -0.39 is 11.7 Å². The van der Waals surface area contributed by atoms with E-state index in [0.717, 1.165) is 17.8 Å². The van der Waals surface area contributed by atoms with Gasteiger partial charge in [-0.05, 0) is 30.3 Å². The number of carbonyl (C=O) groups is 1. The lowest BCUT2D eigenvalue weighted by Crippen LogP contribution is -2.14. The van der Waals surface area contributed by atoms with Gasteiger partial charge in [0.2, 0.25) is 0 Å². The molecular weight excluding hydrogens is 322 g/mol. The maximum atomic E-state index is 13.8. The molecule has 1 amide bonds. The van der Waals surface area contributed by atoms with Crippen LogP contribution in [0.4, 0.5) is 10.1 Å². The summed E-state index contributed by atoms with van der Waals surface area (Å²) in [5.74, 6) is -1.25. The topological polar surface area (TPSA) is 69.1 Å². The van der Waals surface area contributed by atoms with Crippen molar-refractivity contribution in [2.24, 2.45) is 5.73 Å². The number of primary amides is 1. The fourth-order valence-corrected chi connectivity index (χ4v) is 2.79. The number of carbonyl (C=O) groups excluding carboxylic acids is 1. The van der Waals surface area contributed by atoms with E-state index in [-0.39, 0.29) is 16.1 Å². The van der Waals surface area contributed by atoms with E-state index in [1.54, 1.807) is 18.2 Å². The molecule has 0 spiro atoms. The Morgan fingerprint density at radius 3 is 2.45 bits per heavy atom. The van der Waals surface area contributed by atoms with Crippen LogP contribution >= 0.6 is 35.0 Å². The van der Waals surface area contributed by atoms with Crippen LogP contribution in [0.5, 0.6) is 0 Å². The standard InChI is InChI=1S/C13H9Cl2FN2OS/c14-8-2-1-6(3-9(8)15)20-12-4-7(13(18)19)11(17)5-10(12)16/h1-5H,17H2,(H2,18,19). The minimum atomic E-state index is -0.710. The van der Waals surface area contributed by atoms with Crippen LogP contribution in [0.15, 0.2) is 40.1 Å². The molecule has 0 radical (unpaired) electrons. The van der Waals surface area contributed by atoms with E-state index in [9.17, 15) is 9.18 Å². The second kappa shape index (κ2) is 5.91. The molecule has 0 bridgehead atoms. The highest BCUT2D eigenvalue weighted by atomic mass is 35.5. The van der Waals surface area contributed by atoms with Gasteiger partial charge < -0.3 is 11.5 Å². The van der Waals surface area contributed by atoms with Crippen molar-refractivity contribution in [1.29, 1.82) is 0 Å². The number of nitrogens with two attached hydrogens (primary N) is 2. The summed E-state index contributed by atoms with van der Waals surface area (Å²) in [6.45, 7) is 0. The molecule has 0 fully saturated rings. The van der Waals surface area contributed by atoms with Crippen LogP contribution in [0.3, 0.4) is 0 Å². The summed E-state index contributed by atoms with van der Waals surface area (Å²) >= 11 is 12.8. The molecule has 0 unspecified atom stereocenters. The highest BCUT2D eigenvalue weighted by Crippen LogP contribution is 2.35. The van der Waals surface area contributed by atoms with E-state index in [1.165, 1.54) is 6.07 Å². The Labute approximate surface area is 129 Å². The molecule has 0 aliphatic heterocycles. The Bertz CT molecular complexity index is 694. The fraction of sp³-hybridized carbons (Fsp3) is 0. The van der Waals surface area contributed by atoms with Crippen molar-refractivity contribution in [2.75, 3.05) is 5.73 Å². The molecule has 104 valence electrons. The molecule has 0 aromatic heterocycles. The van der Waals surface area contributed by atoms with Crippen LogP contribution < -0.4 is 11.5 Å². The molecule has 2 rings (SSSR count). The number of anilines is 1. The van der Waals surface area contributed by atoms with Crippen molar-refractivity contribution in [1.82, 2.24) is 0 Å². The normalized spacial score (nSPS) is 10.6. The SMILES string of the molecule is NC(=O)c1cc(Sc2ccc(Cl)c(Cl)c2)c(F)cc1N. The average Bonchev–Trinajstić information content (AvgIpc) is 2.36. The minimum absolute atomic E-state index is 0.00786. The van der Waals surface area contributed by atoms with E-state index in [4.69, 9.17) is 34.7 Å². The number of hydrogen-bond donors (Lipinski definition) is 2. The Balaban J connectivity index is 2.40. The van der Waals surface area contributed by atoms with Crippen LogP contribution in [0, 0.1) is 5.82 Å². The van der Waals surface area contributed by atoms with Gasteiger partial charge in [-0.3, -0.25) is 4.79 Å². The molecule has 2 aromatic carbocycles. The van der Waals surface area contributed by atoms with Crippen molar-refractivity contribution in [3.8, 4) is 0 Å². The zero-order valence-corrected chi connectivity index (χ0v) is 12.3. The van der Waals surface area contributed by atoms with Gasteiger partial charge in [-0.25, -0.2) is 4.39 Å². The molecule has 0 saturated carbocycles. The summed E-state index contributed by atoms with van der Waals surface area (Å²) in [5.41, 5.74) is 10.8. The number of halogens is 3. The maximum Gasteiger partial charge on any atom is 0.250 e. The van der Waals surface area contributed by atoms with Gasteiger partial charge in [0.15, 0.2) is 0 Å². The number of benzene rings is 2. The van der Waals surface area contributed by atoms with Crippen LogP contribution in [-0.4, -0.2) is 5.91 Å². The van der Waals surface area contributed by atoms with E-state index >= 15 is 0 Å². The Morgan fingerprint density at radius 2 is 1.85 bits per heavy atom. The third kappa shape index (κ3) is 3.17. The largest absolute Gasteiger partial charge is 0.398 e. The van der Waals surface area contributed by atoms with E-state index in [0.29, 0.717) is 14.9 Å². The van der Waals surface area contributed by atoms with Gasteiger partial charge in [0.05, 0.1) is 15.6 Å². The predicted molar refractivity (Wildman–Crippen MR) is 79.9 cm³/mol. The number of nitrogen functional groups attached to an aromatic ring is 1. The van der Waals surface area contributed by atoms with Crippen molar-refractivity contribution >= 4 is 46.6 Å². The summed E-state index contributed by atoms with van der Waals surface area (Å²) in [6, 6.07) is 7.30. The van der Waals surface area contributed by atoms with Gasteiger partial charge in [0.25, 0.3) is 5.91 Å². The molecule has 0 atom stereocenters. The predicted octanol–water partition coefficient (Wildman–Crippen LogP) is 3.96. The summed E-state index contributed by atoms with van der Waals surface area (Å²) in [4.78, 5) is 12.1. The third-order valence-electron chi connectivity index (χ3n) is 2.49. The zero-order chi connectivity index (χ0) is 14.9. The van der Waals surface area contributed by atoms with Crippen molar-refractivity contribution < 1.29 is 9.18 Å². The lowest BCUT2D eigenvalue weighted by atomic mass is 10.1. The number of rotatable bonds is 3. The van der Waals surface area contributed by atoms with Crippen molar-refractivity contribution in [3.05, 3.63) is 51.8 Å². The summed E-state index contributed by atoms with van der Waals surface area (Å²) < 4.78 is 13.8. The van der Waals surface area contributed by atoms with Crippen LogP contribution in [0.2, 0.25) is 10.0 Å². The Morgan fingerprint density at radius 1 is 1.15 bits per heavy atom. The zero-order valence-electron chi connectivity index (χ0n) is 9.99. The smallest absolute Gasteiger partial charge is 0.250 e. The number of amides is 1. The molecule has 3 nitrogen and oxygen atoms in total. The molecule has 0 aliphatic carbocycles. The van der Waals surface area contributed by atoms with Crippen LogP contribution in [0.1, 0.15) is 10.4 Å². The Hall–Kier alpha value is -1.43. The fourth-order valence-electron chi connectivity index (χ4n) is 1.53. The van der Waals surface area contributed by atoms with Gasteiger partial charge in [0, 0.05) is 15.5 Å². The highest BCUT2D eigenvalue weighted by Gasteiger charge is 2.13. The minimum Gasteiger partial charge on any atom is -0.398 e. The maximum absolute atomic E-state index is 13.8.